The lowest BCUT2D eigenvalue weighted by atomic mass is 9.60. The van der Waals surface area contributed by atoms with Crippen LogP contribution in [0.4, 0.5) is 0 Å². The highest BCUT2D eigenvalue weighted by molar-refractivity contribution is 5.83. The van der Waals surface area contributed by atoms with Crippen molar-refractivity contribution in [1.29, 1.82) is 0 Å². The van der Waals surface area contributed by atoms with Crippen LogP contribution in [0.3, 0.4) is 0 Å². The van der Waals surface area contributed by atoms with Gasteiger partial charge in [-0.3, -0.25) is 14.4 Å². The maximum absolute atomic E-state index is 12.2. The molecule has 3 aliphatic carbocycles. The van der Waals surface area contributed by atoms with E-state index in [1.54, 1.807) is 14.2 Å². The first-order chi connectivity index (χ1) is 17.3. The van der Waals surface area contributed by atoms with Gasteiger partial charge in [0.1, 0.15) is 17.2 Å². The SMILES string of the molecule is COc1ccc(OC)c2c1[C@@H]1c3ccccc3[C@H]2c2c(OC(C)=O)c(OC(C)=O)cc(OC(C)=O)c21. The van der Waals surface area contributed by atoms with Crippen molar-refractivity contribution in [2.24, 2.45) is 0 Å². The molecule has 3 aliphatic rings. The maximum atomic E-state index is 12.2. The maximum Gasteiger partial charge on any atom is 0.308 e. The largest absolute Gasteiger partial charge is 0.496 e. The molecule has 0 N–H and O–H groups in total. The molecule has 36 heavy (non-hydrogen) atoms. The zero-order chi connectivity index (χ0) is 25.7. The molecule has 0 saturated carbocycles. The molecule has 3 aromatic rings. The Morgan fingerprint density at radius 1 is 0.583 bits per heavy atom. The van der Waals surface area contributed by atoms with Crippen molar-refractivity contribution in [2.45, 2.75) is 32.6 Å². The zero-order valence-electron chi connectivity index (χ0n) is 20.5. The molecule has 8 nitrogen and oxygen atoms in total. The molecule has 0 spiro atoms. The van der Waals surface area contributed by atoms with Gasteiger partial charge >= 0.3 is 17.9 Å². The average Bonchev–Trinajstić information content (AvgIpc) is 2.84. The Morgan fingerprint density at radius 2 is 1.03 bits per heavy atom. The van der Waals surface area contributed by atoms with Crippen molar-refractivity contribution in [3.63, 3.8) is 0 Å². The monoisotopic (exact) mass is 488 g/mol. The quantitative estimate of drug-likeness (QED) is 0.264. The van der Waals surface area contributed by atoms with Crippen LogP contribution in [-0.2, 0) is 14.4 Å². The van der Waals surface area contributed by atoms with E-state index in [0.29, 0.717) is 22.6 Å². The minimum Gasteiger partial charge on any atom is -0.496 e. The van der Waals surface area contributed by atoms with E-state index in [4.69, 9.17) is 23.7 Å². The molecule has 0 radical (unpaired) electrons. The van der Waals surface area contributed by atoms with Crippen LogP contribution in [-0.4, -0.2) is 32.1 Å². The Morgan fingerprint density at radius 3 is 1.50 bits per heavy atom. The number of carbonyl (C=O) groups is 3. The Labute approximate surface area is 207 Å². The van der Waals surface area contributed by atoms with E-state index in [2.05, 4.69) is 0 Å². The van der Waals surface area contributed by atoms with Crippen LogP contribution in [0.15, 0.2) is 42.5 Å². The molecule has 2 bridgehead atoms. The van der Waals surface area contributed by atoms with Crippen molar-refractivity contribution in [3.8, 4) is 28.7 Å². The van der Waals surface area contributed by atoms with Crippen molar-refractivity contribution >= 4 is 17.9 Å². The molecule has 0 amide bonds. The predicted molar refractivity (Wildman–Crippen MR) is 128 cm³/mol. The van der Waals surface area contributed by atoms with Crippen LogP contribution in [0.1, 0.15) is 66.0 Å². The second-order valence-corrected chi connectivity index (χ2v) is 8.60. The van der Waals surface area contributed by atoms with Crippen LogP contribution >= 0.6 is 0 Å². The third-order valence-corrected chi connectivity index (χ3v) is 6.46. The summed E-state index contributed by atoms with van der Waals surface area (Å²) >= 11 is 0. The molecule has 8 heteroatoms. The Hall–Kier alpha value is -4.33. The van der Waals surface area contributed by atoms with Gasteiger partial charge in [0.25, 0.3) is 0 Å². The highest BCUT2D eigenvalue weighted by Crippen LogP contribution is 2.65. The molecule has 0 aliphatic heterocycles. The molecule has 6 rings (SSSR count). The predicted octanol–water partition coefficient (Wildman–Crippen LogP) is 4.47. The van der Waals surface area contributed by atoms with E-state index in [1.165, 1.54) is 26.8 Å². The molecule has 0 saturated heterocycles. The van der Waals surface area contributed by atoms with E-state index < -0.39 is 29.7 Å². The number of benzene rings is 3. The number of esters is 3. The first kappa shape index (κ1) is 23.4. The lowest BCUT2D eigenvalue weighted by molar-refractivity contribution is -0.134. The zero-order valence-corrected chi connectivity index (χ0v) is 20.5. The van der Waals surface area contributed by atoms with Crippen molar-refractivity contribution in [3.05, 3.63) is 75.8 Å². The molecular weight excluding hydrogens is 464 g/mol. The van der Waals surface area contributed by atoms with Gasteiger partial charge < -0.3 is 23.7 Å². The second kappa shape index (κ2) is 8.71. The topological polar surface area (TPSA) is 97.4 Å². The minimum absolute atomic E-state index is 0.0128. The van der Waals surface area contributed by atoms with E-state index in [0.717, 1.165) is 22.3 Å². The summed E-state index contributed by atoms with van der Waals surface area (Å²) in [7, 11) is 3.18. The number of carbonyl (C=O) groups excluding carboxylic acids is 3. The third-order valence-electron chi connectivity index (χ3n) is 6.46. The molecule has 0 fully saturated rings. The Balaban J connectivity index is 1.95. The Kier molecular flexibility index (Phi) is 5.67. The molecule has 0 heterocycles. The van der Waals surface area contributed by atoms with Crippen molar-refractivity contribution in [2.75, 3.05) is 14.2 Å². The summed E-state index contributed by atoms with van der Waals surface area (Å²) < 4.78 is 28.4. The summed E-state index contributed by atoms with van der Waals surface area (Å²) in [6.07, 6.45) is 0. The summed E-state index contributed by atoms with van der Waals surface area (Å²) in [6, 6.07) is 13.0. The van der Waals surface area contributed by atoms with Gasteiger partial charge in [0.2, 0.25) is 0 Å². The summed E-state index contributed by atoms with van der Waals surface area (Å²) in [5.41, 5.74) is 4.89. The lowest BCUT2D eigenvalue weighted by Crippen LogP contribution is -2.30. The first-order valence-corrected chi connectivity index (χ1v) is 11.4. The fourth-order valence-electron chi connectivity index (χ4n) is 5.45. The molecule has 184 valence electrons. The number of hydrogen-bond acceptors (Lipinski definition) is 8. The van der Waals surface area contributed by atoms with Crippen LogP contribution in [0.2, 0.25) is 0 Å². The average molecular weight is 488 g/mol. The fraction of sp³-hybridized carbons (Fsp3) is 0.250. The van der Waals surface area contributed by atoms with E-state index in [1.807, 2.05) is 36.4 Å². The van der Waals surface area contributed by atoms with Crippen LogP contribution in [0.25, 0.3) is 0 Å². The molecule has 3 aromatic carbocycles. The van der Waals surface area contributed by atoms with Gasteiger partial charge in [-0.1, -0.05) is 24.3 Å². The summed E-state index contributed by atoms with van der Waals surface area (Å²) in [6.45, 7) is 3.81. The van der Waals surface area contributed by atoms with Crippen molar-refractivity contribution in [1.82, 2.24) is 0 Å². The third kappa shape index (κ3) is 3.48. The molecule has 0 aromatic heterocycles. The van der Waals surface area contributed by atoms with Gasteiger partial charge in [0.05, 0.1) is 14.2 Å². The number of ether oxygens (including phenoxy) is 5. The highest BCUT2D eigenvalue weighted by atomic mass is 16.6. The van der Waals surface area contributed by atoms with Gasteiger partial charge in [0, 0.05) is 60.9 Å². The lowest BCUT2D eigenvalue weighted by Gasteiger charge is -2.44. The molecular formula is C28H24O8. The first-order valence-electron chi connectivity index (χ1n) is 11.4. The van der Waals surface area contributed by atoms with Crippen molar-refractivity contribution < 1.29 is 38.1 Å². The highest BCUT2D eigenvalue weighted by Gasteiger charge is 2.49. The minimum atomic E-state index is -0.613. The van der Waals surface area contributed by atoms with Gasteiger partial charge in [-0.2, -0.15) is 0 Å². The van der Waals surface area contributed by atoms with E-state index in [9.17, 15) is 14.4 Å². The Bertz CT molecular complexity index is 1440. The molecule has 0 unspecified atom stereocenters. The second-order valence-electron chi connectivity index (χ2n) is 8.60. The fourth-order valence-corrected chi connectivity index (χ4v) is 5.45. The normalized spacial score (nSPS) is 16.2. The van der Waals surface area contributed by atoms with E-state index in [-0.39, 0.29) is 17.2 Å². The summed E-state index contributed by atoms with van der Waals surface area (Å²) in [5.74, 6) is -1.09. The van der Waals surface area contributed by atoms with E-state index >= 15 is 0 Å². The number of hydrogen-bond donors (Lipinski definition) is 0. The van der Waals surface area contributed by atoms with Gasteiger partial charge in [-0.15, -0.1) is 0 Å². The van der Waals surface area contributed by atoms with Crippen LogP contribution in [0.5, 0.6) is 28.7 Å². The number of rotatable bonds is 5. The standard InChI is InChI=1S/C28H24O8/c1-13(29)34-20-12-21(35-14(2)30)28(36-15(3)31)27-23-17-9-7-6-8-16(17)22(26(20)27)24-18(32-4)10-11-19(33-5)25(23)24/h6-12,22-23H,1-5H3/t22-,23+/m0/s1. The van der Waals surface area contributed by atoms with Gasteiger partial charge in [-0.25, -0.2) is 0 Å². The van der Waals surface area contributed by atoms with Crippen LogP contribution < -0.4 is 23.7 Å². The van der Waals surface area contributed by atoms with Gasteiger partial charge in [0.15, 0.2) is 11.5 Å². The summed E-state index contributed by atoms with van der Waals surface area (Å²) in [5, 5.41) is 0. The van der Waals surface area contributed by atoms with Gasteiger partial charge in [-0.05, 0) is 23.3 Å². The van der Waals surface area contributed by atoms with Crippen LogP contribution in [0, 0.1) is 0 Å². The smallest absolute Gasteiger partial charge is 0.308 e. The summed E-state index contributed by atoms with van der Waals surface area (Å²) in [4.78, 5) is 36.4. The molecule has 2 atom stereocenters. The number of methoxy groups -OCH3 is 2.